The van der Waals surface area contributed by atoms with Gasteiger partial charge in [0.25, 0.3) is 17.2 Å². The fourth-order valence-corrected chi connectivity index (χ4v) is 3.79. The molecule has 2 heterocycles. The third-order valence-corrected chi connectivity index (χ3v) is 5.15. The van der Waals surface area contributed by atoms with Gasteiger partial charge in [-0.1, -0.05) is 30.3 Å². The lowest BCUT2D eigenvalue weighted by atomic mass is 10.1. The molecule has 0 aliphatic carbocycles. The van der Waals surface area contributed by atoms with E-state index < -0.39 is 10.5 Å². The maximum atomic E-state index is 13.2. The average Bonchev–Trinajstić information content (AvgIpc) is 3.05. The van der Waals surface area contributed by atoms with Gasteiger partial charge in [-0.05, 0) is 42.7 Å². The Hall–Kier alpha value is -3.74. The van der Waals surface area contributed by atoms with Crippen molar-refractivity contribution in [3.8, 4) is 0 Å². The highest BCUT2D eigenvalue weighted by molar-refractivity contribution is 6.07. The predicted octanol–water partition coefficient (Wildman–Crippen LogP) is 3.40. The first-order valence-corrected chi connectivity index (χ1v) is 9.30. The van der Waals surface area contributed by atoms with Crippen molar-refractivity contribution in [3.63, 3.8) is 0 Å². The Kier molecular flexibility index (Phi) is 4.72. The van der Waals surface area contributed by atoms with Crippen molar-refractivity contribution in [3.05, 3.63) is 104 Å². The summed E-state index contributed by atoms with van der Waals surface area (Å²) in [6.45, 7) is 2.11. The number of hydrogen-bond acceptors (Lipinski definition) is 4. The van der Waals surface area contributed by atoms with Gasteiger partial charge in [-0.25, -0.2) is 0 Å². The maximum absolute atomic E-state index is 13.2. The van der Waals surface area contributed by atoms with Crippen molar-refractivity contribution in [2.24, 2.45) is 0 Å². The summed E-state index contributed by atoms with van der Waals surface area (Å²) in [5.41, 5.74) is 2.16. The van der Waals surface area contributed by atoms with Crippen LogP contribution in [-0.2, 0) is 13.0 Å². The van der Waals surface area contributed by atoms with Crippen molar-refractivity contribution in [2.45, 2.75) is 25.9 Å². The number of fused-ring (bicyclic) bond motifs is 1. The number of pyridine rings is 1. The monoisotopic (exact) mass is 389 g/mol. The number of amides is 1. The molecule has 0 radical (unpaired) electrons. The number of hydrogen-bond donors (Lipinski definition) is 0. The second-order valence-corrected chi connectivity index (χ2v) is 7.14. The van der Waals surface area contributed by atoms with E-state index in [0.717, 1.165) is 17.7 Å². The molecule has 1 aromatic heterocycles. The van der Waals surface area contributed by atoms with Crippen molar-refractivity contribution < 1.29 is 9.72 Å². The normalized spacial score (nSPS) is 15.2. The minimum atomic E-state index is -0.474. The van der Waals surface area contributed by atoms with Crippen LogP contribution in [0.15, 0.2) is 71.7 Å². The largest absolute Gasteiger partial charge is 0.310 e. The summed E-state index contributed by atoms with van der Waals surface area (Å²) in [7, 11) is 0. The van der Waals surface area contributed by atoms with E-state index in [1.54, 1.807) is 29.3 Å². The highest BCUT2D eigenvalue weighted by atomic mass is 16.6. The molecular weight excluding hydrogens is 370 g/mol. The molecule has 146 valence electrons. The van der Waals surface area contributed by atoms with E-state index in [-0.39, 0.29) is 29.7 Å². The van der Waals surface area contributed by atoms with Crippen LogP contribution >= 0.6 is 0 Å². The third-order valence-electron chi connectivity index (χ3n) is 5.15. The zero-order valence-electron chi connectivity index (χ0n) is 15.8. The first-order valence-electron chi connectivity index (χ1n) is 9.30. The topological polar surface area (TPSA) is 85.4 Å². The number of non-ortho nitro benzene ring substituents is 1. The summed E-state index contributed by atoms with van der Waals surface area (Å²) in [6, 6.07) is 17.0. The molecule has 1 atom stereocenters. The number of anilines is 1. The quantitative estimate of drug-likeness (QED) is 0.506. The van der Waals surface area contributed by atoms with Gasteiger partial charge in [0, 0.05) is 30.1 Å². The van der Waals surface area contributed by atoms with Crippen LogP contribution < -0.4 is 10.5 Å². The first kappa shape index (κ1) is 18.6. The fourth-order valence-electron chi connectivity index (χ4n) is 3.79. The van der Waals surface area contributed by atoms with Gasteiger partial charge in [-0.2, -0.15) is 0 Å². The summed E-state index contributed by atoms with van der Waals surface area (Å²) in [4.78, 5) is 38.4. The van der Waals surface area contributed by atoms with Gasteiger partial charge >= 0.3 is 0 Å². The van der Waals surface area contributed by atoms with Crippen LogP contribution in [0.3, 0.4) is 0 Å². The standard InChI is InChI=1S/C22H19N3O4/c1-15-12-17-7-2-3-10-20(17)24(15)22(27)19-9-5-11-23(21(19)26)14-16-6-4-8-18(13-16)25(28)29/h2-11,13,15H,12,14H2,1H3/t15-/m1/s1. The zero-order valence-corrected chi connectivity index (χ0v) is 15.8. The number of benzene rings is 2. The van der Waals surface area contributed by atoms with Gasteiger partial charge in [0.2, 0.25) is 0 Å². The Morgan fingerprint density at radius 2 is 1.93 bits per heavy atom. The lowest BCUT2D eigenvalue weighted by molar-refractivity contribution is -0.384. The molecule has 1 aliphatic heterocycles. The molecule has 0 spiro atoms. The van der Waals surface area contributed by atoms with Crippen molar-refractivity contribution in [1.82, 2.24) is 4.57 Å². The van der Waals surface area contributed by atoms with Crippen LogP contribution in [0.2, 0.25) is 0 Å². The Bertz CT molecular complexity index is 1170. The van der Waals surface area contributed by atoms with E-state index in [0.29, 0.717) is 5.56 Å². The number of para-hydroxylation sites is 1. The van der Waals surface area contributed by atoms with Crippen LogP contribution in [0.4, 0.5) is 11.4 Å². The number of carbonyl (C=O) groups excluding carboxylic acids is 1. The molecule has 0 saturated carbocycles. The second kappa shape index (κ2) is 7.35. The number of nitro benzene ring substituents is 1. The Labute approximate surface area is 167 Å². The van der Waals surface area contributed by atoms with E-state index in [1.165, 1.54) is 22.8 Å². The van der Waals surface area contributed by atoms with Gasteiger partial charge < -0.3 is 9.47 Å². The SMILES string of the molecule is C[C@@H]1Cc2ccccc2N1C(=O)c1cccn(Cc2cccc([N+](=O)[O-])c2)c1=O. The smallest absolute Gasteiger partial charge is 0.269 e. The molecule has 7 heteroatoms. The first-order chi connectivity index (χ1) is 14.0. The fraction of sp³-hybridized carbons (Fsp3) is 0.182. The van der Waals surface area contributed by atoms with Gasteiger partial charge in [-0.3, -0.25) is 19.7 Å². The molecule has 0 fully saturated rings. The number of nitro groups is 1. The number of aromatic nitrogens is 1. The van der Waals surface area contributed by atoms with Crippen LogP contribution in [0.1, 0.15) is 28.4 Å². The maximum Gasteiger partial charge on any atom is 0.269 e. The molecule has 2 aromatic carbocycles. The van der Waals surface area contributed by atoms with E-state index in [1.807, 2.05) is 31.2 Å². The van der Waals surface area contributed by atoms with Gasteiger partial charge in [0.15, 0.2) is 0 Å². The van der Waals surface area contributed by atoms with E-state index in [2.05, 4.69) is 0 Å². The molecule has 0 bridgehead atoms. The highest BCUT2D eigenvalue weighted by Gasteiger charge is 2.32. The predicted molar refractivity (Wildman–Crippen MR) is 109 cm³/mol. The molecule has 3 aromatic rings. The summed E-state index contributed by atoms with van der Waals surface area (Å²) < 4.78 is 1.40. The van der Waals surface area contributed by atoms with Crippen LogP contribution in [0.25, 0.3) is 0 Å². The van der Waals surface area contributed by atoms with Gasteiger partial charge in [0.1, 0.15) is 5.56 Å². The Morgan fingerprint density at radius 3 is 2.72 bits per heavy atom. The van der Waals surface area contributed by atoms with Crippen LogP contribution in [0, 0.1) is 10.1 Å². The molecular formula is C22H19N3O4. The molecule has 1 aliphatic rings. The van der Waals surface area contributed by atoms with Gasteiger partial charge in [0.05, 0.1) is 11.5 Å². The lowest BCUT2D eigenvalue weighted by Gasteiger charge is -2.22. The number of rotatable bonds is 4. The second-order valence-electron chi connectivity index (χ2n) is 7.14. The van der Waals surface area contributed by atoms with Crippen molar-refractivity contribution in [2.75, 3.05) is 4.90 Å². The number of nitrogens with zero attached hydrogens (tertiary/aromatic N) is 3. The molecule has 1 amide bonds. The summed E-state index contributed by atoms with van der Waals surface area (Å²) in [6.07, 6.45) is 2.33. The minimum Gasteiger partial charge on any atom is -0.310 e. The molecule has 0 saturated heterocycles. The van der Waals surface area contributed by atoms with E-state index in [4.69, 9.17) is 0 Å². The molecule has 4 rings (SSSR count). The number of carbonyl (C=O) groups is 1. The lowest BCUT2D eigenvalue weighted by Crippen LogP contribution is -2.39. The van der Waals surface area contributed by atoms with Crippen LogP contribution in [0.5, 0.6) is 0 Å². The Morgan fingerprint density at radius 1 is 1.14 bits per heavy atom. The van der Waals surface area contributed by atoms with E-state index >= 15 is 0 Å². The van der Waals surface area contributed by atoms with Gasteiger partial charge in [-0.15, -0.1) is 0 Å². The van der Waals surface area contributed by atoms with Crippen molar-refractivity contribution >= 4 is 17.3 Å². The average molecular weight is 389 g/mol. The Balaban J connectivity index is 1.67. The van der Waals surface area contributed by atoms with Crippen molar-refractivity contribution in [1.29, 1.82) is 0 Å². The molecule has 7 nitrogen and oxygen atoms in total. The van der Waals surface area contributed by atoms with Crippen LogP contribution in [-0.4, -0.2) is 21.4 Å². The molecule has 0 N–H and O–H groups in total. The summed E-state index contributed by atoms with van der Waals surface area (Å²) >= 11 is 0. The summed E-state index contributed by atoms with van der Waals surface area (Å²) in [5.74, 6) is -0.333. The molecule has 29 heavy (non-hydrogen) atoms. The summed E-state index contributed by atoms with van der Waals surface area (Å²) in [5, 5.41) is 11.0. The van der Waals surface area contributed by atoms with E-state index in [9.17, 15) is 19.7 Å². The minimum absolute atomic E-state index is 0.0368. The highest BCUT2D eigenvalue weighted by Crippen LogP contribution is 2.32. The third kappa shape index (κ3) is 3.42. The molecule has 0 unspecified atom stereocenters. The zero-order chi connectivity index (χ0) is 20.5.